The van der Waals surface area contributed by atoms with Crippen molar-refractivity contribution in [3.8, 4) is 0 Å². The van der Waals surface area contributed by atoms with Gasteiger partial charge in [0.1, 0.15) is 5.65 Å². The Morgan fingerprint density at radius 1 is 1.07 bits per heavy atom. The highest BCUT2D eigenvalue weighted by atomic mass is 16.1. The van der Waals surface area contributed by atoms with Crippen LogP contribution in [-0.4, -0.2) is 14.4 Å². The molecule has 0 aliphatic heterocycles. The number of rotatable bonds is 1. The highest BCUT2D eigenvalue weighted by molar-refractivity contribution is 5.95. The normalized spacial score (nSPS) is 18.2. The molecule has 0 aromatic carbocycles. The lowest BCUT2D eigenvalue weighted by molar-refractivity contribution is 0.397. The number of fused-ring (bicyclic) bond motifs is 5. The van der Waals surface area contributed by atoms with E-state index in [1.165, 1.54) is 0 Å². The summed E-state index contributed by atoms with van der Waals surface area (Å²) in [5.74, 6) is 0. The Morgan fingerprint density at radius 2 is 1.78 bits per heavy atom. The van der Waals surface area contributed by atoms with Crippen molar-refractivity contribution < 1.29 is 0 Å². The molecule has 4 nitrogen and oxygen atoms in total. The monoisotopic (exact) mass is 363 g/mol. The smallest absolute Gasteiger partial charge is 0.277 e. The fourth-order valence-corrected chi connectivity index (χ4v) is 5.11. The SMILES string of the molecule is CC(C)(C)Cc1nccc2c1ccn1c3c(c(=O)nc21)C(C)(C)CC3(C)C. The van der Waals surface area contributed by atoms with Crippen LogP contribution in [0.4, 0.5) is 0 Å². The summed E-state index contributed by atoms with van der Waals surface area (Å²) < 4.78 is 2.15. The van der Waals surface area contributed by atoms with E-state index >= 15 is 0 Å². The Labute approximate surface area is 160 Å². The zero-order valence-electron chi connectivity index (χ0n) is 17.5. The van der Waals surface area contributed by atoms with Gasteiger partial charge in [-0.2, -0.15) is 4.98 Å². The fourth-order valence-electron chi connectivity index (χ4n) is 5.11. The van der Waals surface area contributed by atoms with Crippen LogP contribution in [-0.2, 0) is 17.3 Å². The van der Waals surface area contributed by atoms with Crippen LogP contribution in [0.1, 0.15) is 71.8 Å². The Morgan fingerprint density at radius 3 is 2.44 bits per heavy atom. The molecular weight excluding hydrogens is 334 g/mol. The topological polar surface area (TPSA) is 47.3 Å². The van der Waals surface area contributed by atoms with E-state index in [0.29, 0.717) is 0 Å². The summed E-state index contributed by atoms with van der Waals surface area (Å²) in [6.45, 7) is 15.4. The molecule has 1 aliphatic rings. The van der Waals surface area contributed by atoms with E-state index in [9.17, 15) is 4.79 Å². The molecule has 0 unspecified atom stereocenters. The second-order valence-corrected chi connectivity index (χ2v) is 10.6. The van der Waals surface area contributed by atoms with E-state index in [1.54, 1.807) is 0 Å². The van der Waals surface area contributed by atoms with Gasteiger partial charge in [0.05, 0.1) is 0 Å². The minimum atomic E-state index is -0.158. The van der Waals surface area contributed by atoms with Gasteiger partial charge in [-0.05, 0) is 35.8 Å². The zero-order valence-corrected chi connectivity index (χ0v) is 17.5. The van der Waals surface area contributed by atoms with E-state index < -0.39 is 0 Å². The molecule has 27 heavy (non-hydrogen) atoms. The maximum Gasteiger partial charge on any atom is 0.277 e. The quantitative estimate of drug-likeness (QED) is 0.584. The van der Waals surface area contributed by atoms with E-state index in [1.807, 2.05) is 12.3 Å². The van der Waals surface area contributed by atoms with Crippen LogP contribution >= 0.6 is 0 Å². The molecule has 0 atom stereocenters. The van der Waals surface area contributed by atoms with Crippen LogP contribution in [0, 0.1) is 5.41 Å². The van der Waals surface area contributed by atoms with Crippen molar-refractivity contribution in [3.05, 3.63) is 51.8 Å². The fraction of sp³-hybridized carbons (Fsp3) is 0.522. The van der Waals surface area contributed by atoms with Crippen molar-refractivity contribution in [2.75, 3.05) is 0 Å². The Hall–Kier alpha value is -2.23. The van der Waals surface area contributed by atoms with Gasteiger partial charge in [0, 0.05) is 45.5 Å². The molecule has 3 heterocycles. The van der Waals surface area contributed by atoms with E-state index in [2.05, 4.69) is 75.1 Å². The molecule has 4 rings (SSSR count). The Balaban J connectivity index is 2.11. The van der Waals surface area contributed by atoms with Crippen LogP contribution in [0.2, 0.25) is 0 Å². The molecule has 0 saturated carbocycles. The van der Waals surface area contributed by atoms with E-state index in [4.69, 9.17) is 0 Å². The summed E-state index contributed by atoms with van der Waals surface area (Å²) in [5, 5.41) is 2.10. The van der Waals surface area contributed by atoms with Crippen molar-refractivity contribution in [3.63, 3.8) is 0 Å². The van der Waals surface area contributed by atoms with Crippen LogP contribution < -0.4 is 5.56 Å². The molecule has 1 aliphatic carbocycles. The number of nitrogens with zero attached hydrogens (tertiary/aromatic N) is 3. The van der Waals surface area contributed by atoms with Gasteiger partial charge < -0.3 is 4.40 Å². The van der Waals surface area contributed by atoms with Gasteiger partial charge in [-0.1, -0.05) is 48.5 Å². The molecule has 0 fully saturated rings. The van der Waals surface area contributed by atoms with Gasteiger partial charge in [0.2, 0.25) is 0 Å². The summed E-state index contributed by atoms with van der Waals surface area (Å²) in [6, 6.07) is 4.13. The average molecular weight is 364 g/mol. The maximum atomic E-state index is 13.0. The summed E-state index contributed by atoms with van der Waals surface area (Å²) in [5.41, 5.74) is 3.63. The van der Waals surface area contributed by atoms with Gasteiger partial charge in [0.25, 0.3) is 5.56 Å². The van der Waals surface area contributed by atoms with Crippen molar-refractivity contribution in [1.29, 1.82) is 0 Å². The third-order valence-corrected chi connectivity index (χ3v) is 5.73. The van der Waals surface area contributed by atoms with Crippen LogP contribution in [0.15, 0.2) is 29.3 Å². The van der Waals surface area contributed by atoms with Crippen molar-refractivity contribution in [1.82, 2.24) is 14.4 Å². The van der Waals surface area contributed by atoms with E-state index in [-0.39, 0.29) is 21.8 Å². The predicted octanol–water partition coefficient (Wildman–Crippen LogP) is 4.79. The molecule has 3 aromatic heterocycles. The van der Waals surface area contributed by atoms with Crippen molar-refractivity contribution >= 4 is 16.4 Å². The molecule has 0 bridgehead atoms. The lowest BCUT2D eigenvalue weighted by atomic mass is 9.82. The first kappa shape index (κ1) is 18.1. The summed E-state index contributed by atoms with van der Waals surface area (Å²) in [6.07, 6.45) is 5.76. The second kappa shape index (κ2) is 5.40. The highest BCUT2D eigenvalue weighted by Crippen LogP contribution is 2.47. The molecule has 3 aromatic rings. The maximum absolute atomic E-state index is 13.0. The molecular formula is C23H29N3O. The third kappa shape index (κ3) is 2.77. The van der Waals surface area contributed by atoms with Crippen molar-refractivity contribution in [2.45, 2.75) is 72.1 Å². The summed E-state index contributed by atoms with van der Waals surface area (Å²) in [4.78, 5) is 22.2. The minimum Gasteiger partial charge on any atom is -0.304 e. The van der Waals surface area contributed by atoms with Gasteiger partial charge in [-0.15, -0.1) is 0 Å². The number of hydrogen-bond donors (Lipinski definition) is 0. The largest absolute Gasteiger partial charge is 0.304 e. The molecule has 0 saturated heterocycles. The molecule has 4 heteroatoms. The molecule has 142 valence electrons. The van der Waals surface area contributed by atoms with Gasteiger partial charge in [-0.3, -0.25) is 9.78 Å². The molecule has 0 radical (unpaired) electrons. The number of aromatic nitrogens is 3. The average Bonchev–Trinajstić information content (AvgIpc) is 2.71. The molecule has 0 amide bonds. The lowest BCUT2D eigenvalue weighted by Gasteiger charge is -2.23. The predicted molar refractivity (Wildman–Crippen MR) is 111 cm³/mol. The zero-order chi connectivity index (χ0) is 19.8. The van der Waals surface area contributed by atoms with Gasteiger partial charge in [0.15, 0.2) is 0 Å². The highest BCUT2D eigenvalue weighted by Gasteiger charge is 2.45. The second-order valence-electron chi connectivity index (χ2n) is 10.6. The molecule has 0 spiro atoms. The van der Waals surface area contributed by atoms with Crippen LogP contribution in [0.3, 0.4) is 0 Å². The first-order valence-electron chi connectivity index (χ1n) is 9.75. The minimum absolute atomic E-state index is 0.0706. The van der Waals surface area contributed by atoms with Gasteiger partial charge in [-0.25, -0.2) is 0 Å². The molecule has 0 N–H and O–H groups in total. The van der Waals surface area contributed by atoms with Crippen molar-refractivity contribution in [2.24, 2.45) is 5.41 Å². The lowest BCUT2D eigenvalue weighted by Crippen LogP contribution is -2.26. The summed E-state index contributed by atoms with van der Waals surface area (Å²) >= 11 is 0. The number of hydrogen-bond acceptors (Lipinski definition) is 3. The van der Waals surface area contributed by atoms with Crippen LogP contribution in [0.25, 0.3) is 16.4 Å². The van der Waals surface area contributed by atoms with Crippen LogP contribution in [0.5, 0.6) is 0 Å². The number of pyridine rings is 2. The summed E-state index contributed by atoms with van der Waals surface area (Å²) in [7, 11) is 0. The standard InChI is InChI=1S/C23H29N3O/c1-21(2,3)12-16-14-9-11-26-18-17(22(4,5)13-23(18,6)7)20(27)25-19(26)15(14)8-10-24-16/h8-11H,12-13H2,1-7H3. The first-order chi connectivity index (χ1) is 12.4. The Kier molecular flexibility index (Phi) is 3.63. The Bertz CT molecular complexity index is 1130. The van der Waals surface area contributed by atoms with Gasteiger partial charge >= 0.3 is 0 Å². The third-order valence-electron chi connectivity index (χ3n) is 5.73. The van der Waals surface area contributed by atoms with E-state index in [0.717, 1.165) is 46.2 Å². The first-order valence-corrected chi connectivity index (χ1v) is 9.75.